The molecule has 1 atom stereocenters. The lowest BCUT2D eigenvalue weighted by Crippen LogP contribution is -2.35. The average molecular weight is 335 g/mol. The number of nitrogens with one attached hydrogen (secondary N) is 3. The van der Waals surface area contributed by atoms with E-state index in [2.05, 4.69) is 77.2 Å². The molecule has 0 bridgehead atoms. The van der Waals surface area contributed by atoms with Crippen LogP contribution in [-0.2, 0) is 0 Å². The van der Waals surface area contributed by atoms with Crippen molar-refractivity contribution in [3.05, 3.63) is 60.2 Å². The molecule has 3 N–H and O–H groups in total. The predicted octanol–water partition coefficient (Wildman–Crippen LogP) is 3.37. The van der Waals surface area contributed by atoms with E-state index in [0.29, 0.717) is 13.1 Å². The Morgan fingerprint density at radius 2 is 1.96 bits per heavy atom. The molecule has 4 heteroatoms. The number of hydrogen-bond donors (Lipinski definition) is 3. The van der Waals surface area contributed by atoms with Crippen molar-refractivity contribution in [1.82, 2.24) is 16.0 Å². The van der Waals surface area contributed by atoms with E-state index in [0.717, 1.165) is 6.54 Å². The van der Waals surface area contributed by atoms with Crippen molar-refractivity contribution in [2.45, 2.75) is 19.9 Å². The first kappa shape index (κ1) is 18.6. The summed E-state index contributed by atoms with van der Waals surface area (Å²) in [5.74, 6) is 5.80. The Bertz CT molecular complexity index is 781. The maximum Gasteiger partial charge on any atom is 0.315 e. The molecule has 0 aromatic heterocycles. The topological polar surface area (TPSA) is 53.2 Å². The summed E-state index contributed by atoms with van der Waals surface area (Å²) in [6.45, 7) is 5.73. The Morgan fingerprint density at radius 3 is 2.80 bits per heavy atom. The SMILES string of the molecule is CCNC(=O)NCC#C/C=C/CN[C@H](C)c1cccc2ccccc12. The maximum atomic E-state index is 11.2. The minimum absolute atomic E-state index is 0.189. The van der Waals surface area contributed by atoms with Crippen LogP contribution in [0.5, 0.6) is 0 Å². The molecule has 0 saturated carbocycles. The Balaban J connectivity index is 1.79. The highest BCUT2D eigenvalue weighted by Crippen LogP contribution is 2.23. The van der Waals surface area contributed by atoms with Gasteiger partial charge in [0, 0.05) is 19.1 Å². The number of hydrogen-bond acceptors (Lipinski definition) is 2. The summed E-state index contributed by atoms with van der Waals surface area (Å²) >= 11 is 0. The van der Waals surface area contributed by atoms with Crippen LogP contribution in [0.15, 0.2) is 54.6 Å². The van der Waals surface area contributed by atoms with Gasteiger partial charge in [0.05, 0.1) is 6.54 Å². The summed E-state index contributed by atoms with van der Waals surface area (Å²) < 4.78 is 0. The number of benzene rings is 2. The Hall–Kier alpha value is -2.77. The van der Waals surface area contributed by atoms with E-state index in [-0.39, 0.29) is 12.1 Å². The molecule has 2 aromatic carbocycles. The van der Waals surface area contributed by atoms with Gasteiger partial charge in [0.25, 0.3) is 0 Å². The van der Waals surface area contributed by atoms with Gasteiger partial charge in [0.1, 0.15) is 0 Å². The van der Waals surface area contributed by atoms with Gasteiger partial charge in [0.2, 0.25) is 0 Å². The standard InChI is InChI=1S/C21H25N3O/c1-3-22-21(25)24-16-9-5-4-8-15-23-17(2)19-14-10-12-18-11-6-7-13-20(18)19/h4,6-8,10-14,17,23H,3,15-16H2,1-2H3,(H2,22,24,25)/b8-4+/t17-/m1/s1. The molecule has 0 saturated heterocycles. The first-order chi connectivity index (χ1) is 12.2. The minimum Gasteiger partial charge on any atom is -0.338 e. The van der Waals surface area contributed by atoms with Gasteiger partial charge in [-0.25, -0.2) is 4.79 Å². The van der Waals surface area contributed by atoms with Crippen molar-refractivity contribution in [3.8, 4) is 11.8 Å². The van der Waals surface area contributed by atoms with Crippen LogP contribution < -0.4 is 16.0 Å². The Kier molecular flexibility index (Phi) is 7.55. The van der Waals surface area contributed by atoms with E-state index in [1.165, 1.54) is 16.3 Å². The molecule has 0 unspecified atom stereocenters. The van der Waals surface area contributed by atoms with E-state index in [9.17, 15) is 4.79 Å². The number of allylic oxidation sites excluding steroid dienone is 1. The quantitative estimate of drug-likeness (QED) is 0.709. The average Bonchev–Trinajstić information content (AvgIpc) is 2.63. The van der Waals surface area contributed by atoms with Gasteiger partial charge in [0.15, 0.2) is 0 Å². The number of fused-ring (bicyclic) bond motifs is 1. The van der Waals surface area contributed by atoms with Gasteiger partial charge >= 0.3 is 6.03 Å². The van der Waals surface area contributed by atoms with Crippen molar-refractivity contribution in [2.75, 3.05) is 19.6 Å². The van der Waals surface area contributed by atoms with E-state index in [4.69, 9.17) is 0 Å². The maximum absolute atomic E-state index is 11.2. The fourth-order valence-corrected chi connectivity index (χ4v) is 2.56. The second-order valence-corrected chi connectivity index (χ2v) is 5.63. The molecule has 25 heavy (non-hydrogen) atoms. The molecule has 0 aliphatic carbocycles. The summed E-state index contributed by atoms with van der Waals surface area (Å²) in [4.78, 5) is 11.2. The fraction of sp³-hybridized carbons (Fsp3) is 0.286. The summed E-state index contributed by atoms with van der Waals surface area (Å²) in [6.07, 6.45) is 3.79. The zero-order valence-electron chi connectivity index (χ0n) is 14.8. The van der Waals surface area contributed by atoms with Crippen LogP contribution in [0.2, 0.25) is 0 Å². The summed E-state index contributed by atoms with van der Waals surface area (Å²) in [6, 6.07) is 14.9. The first-order valence-electron chi connectivity index (χ1n) is 8.58. The second-order valence-electron chi connectivity index (χ2n) is 5.63. The van der Waals surface area contributed by atoms with Crippen LogP contribution in [0.3, 0.4) is 0 Å². The summed E-state index contributed by atoms with van der Waals surface area (Å²) in [7, 11) is 0. The van der Waals surface area contributed by atoms with Gasteiger partial charge in [-0.15, -0.1) is 0 Å². The number of carbonyl (C=O) groups excluding carboxylic acids is 1. The minimum atomic E-state index is -0.189. The van der Waals surface area contributed by atoms with Crippen LogP contribution in [-0.4, -0.2) is 25.7 Å². The van der Waals surface area contributed by atoms with E-state index in [1.807, 2.05) is 19.1 Å². The molecule has 0 aliphatic heterocycles. The second kappa shape index (κ2) is 10.2. The molecular weight excluding hydrogens is 310 g/mol. The van der Waals surface area contributed by atoms with E-state index >= 15 is 0 Å². The van der Waals surface area contributed by atoms with Crippen LogP contribution in [0.4, 0.5) is 4.79 Å². The fourth-order valence-electron chi connectivity index (χ4n) is 2.56. The smallest absolute Gasteiger partial charge is 0.315 e. The molecule has 0 radical (unpaired) electrons. The van der Waals surface area contributed by atoms with E-state index in [1.54, 1.807) is 0 Å². The Labute approximate surface area is 149 Å². The zero-order chi connectivity index (χ0) is 17.9. The molecular formula is C21H25N3O. The highest BCUT2D eigenvalue weighted by Gasteiger charge is 2.07. The largest absolute Gasteiger partial charge is 0.338 e. The molecule has 2 aromatic rings. The van der Waals surface area contributed by atoms with Crippen molar-refractivity contribution in [3.63, 3.8) is 0 Å². The third-order valence-corrected chi connectivity index (χ3v) is 3.81. The lowest BCUT2D eigenvalue weighted by atomic mass is 10.00. The molecule has 2 amide bonds. The van der Waals surface area contributed by atoms with Crippen LogP contribution in [0.25, 0.3) is 10.8 Å². The summed E-state index contributed by atoms with van der Waals surface area (Å²) in [5, 5.41) is 11.3. The highest BCUT2D eigenvalue weighted by molar-refractivity contribution is 5.86. The van der Waals surface area contributed by atoms with Crippen molar-refractivity contribution >= 4 is 16.8 Å². The summed E-state index contributed by atoms with van der Waals surface area (Å²) in [5.41, 5.74) is 1.30. The molecule has 0 heterocycles. The van der Waals surface area contributed by atoms with Gasteiger partial charge in [-0.3, -0.25) is 0 Å². The number of urea groups is 1. The van der Waals surface area contributed by atoms with Gasteiger partial charge in [-0.1, -0.05) is 60.4 Å². The molecule has 130 valence electrons. The highest BCUT2D eigenvalue weighted by atomic mass is 16.2. The molecule has 2 rings (SSSR count). The molecule has 4 nitrogen and oxygen atoms in total. The number of rotatable bonds is 6. The normalized spacial score (nSPS) is 11.8. The zero-order valence-corrected chi connectivity index (χ0v) is 14.8. The van der Waals surface area contributed by atoms with Crippen molar-refractivity contribution in [2.24, 2.45) is 0 Å². The van der Waals surface area contributed by atoms with Gasteiger partial charge < -0.3 is 16.0 Å². The molecule has 0 fully saturated rings. The predicted molar refractivity (Wildman–Crippen MR) is 104 cm³/mol. The van der Waals surface area contributed by atoms with Crippen molar-refractivity contribution < 1.29 is 4.79 Å². The molecule has 0 aliphatic rings. The van der Waals surface area contributed by atoms with E-state index < -0.39 is 0 Å². The van der Waals surface area contributed by atoms with Gasteiger partial charge in [-0.05, 0) is 36.3 Å². The van der Waals surface area contributed by atoms with Crippen molar-refractivity contribution in [1.29, 1.82) is 0 Å². The van der Waals surface area contributed by atoms with Crippen LogP contribution >= 0.6 is 0 Å². The third kappa shape index (κ3) is 5.98. The Morgan fingerprint density at radius 1 is 1.16 bits per heavy atom. The number of amides is 2. The molecule has 0 spiro atoms. The van der Waals surface area contributed by atoms with Crippen LogP contribution in [0.1, 0.15) is 25.5 Å². The van der Waals surface area contributed by atoms with Gasteiger partial charge in [-0.2, -0.15) is 0 Å². The lowest BCUT2D eigenvalue weighted by Gasteiger charge is -2.15. The lowest BCUT2D eigenvalue weighted by molar-refractivity contribution is 0.242. The first-order valence-corrected chi connectivity index (χ1v) is 8.58. The van der Waals surface area contributed by atoms with Crippen LogP contribution in [0, 0.1) is 11.8 Å². The monoisotopic (exact) mass is 335 g/mol. The third-order valence-electron chi connectivity index (χ3n) is 3.81. The number of carbonyl (C=O) groups is 1.